The van der Waals surface area contributed by atoms with Gasteiger partial charge in [0.25, 0.3) is 0 Å². The molecule has 0 aliphatic rings. The topological polar surface area (TPSA) is 69.9 Å². The third kappa shape index (κ3) is 2.62. The van der Waals surface area contributed by atoms with Gasteiger partial charge < -0.3 is 4.74 Å². The quantitative estimate of drug-likeness (QED) is 0.780. The van der Waals surface area contributed by atoms with Crippen molar-refractivity contribution in [2.24, 2.45) is 0 Å². The Morgan fingerprint density at radius 2 is 2.16 bits per heavy atom. The third-order valence-corrected chi connectivity index (χ3v) is 2.96. The van der Waals surface area contributed by atoms with Crippen LogP contribution in [0.15, 0.2) is 12.4 Å². The lowest BCUT2D eigenvalue weighted by molar-refractivity contribution is 0.101. The van der Waals surface area contributed by atoms with E-state index in [4.69, 9.17) is 4.74 Å². The molecule has 2 aromatic heterocycles. The first kappa shape index (κ1) is 13.2. The van der Waals surface area contributed by atoms with Crippen LogP contribution >= 0.6 is 0 Å². The number of ether oxygens (including phenoxy) is 1. The van der Waals surface area contributed by atoms with Gasteiger partial charge in [-0.2, -0.15) is 0 Å². The van der Waals surface area contributed by atoms with Gasteiger partial charge >= 0.3 is 0 Å². The first-order chi connectivity index (χ1) is 9.02. The number of ketones is 1. The van der Waals surface area contributed by atoms with Gasteiger partial charge in [-0.05, 0) is 13.8 Å². The number of Topliss-reactive ketones (excluding diaryl/α,β-unsaturated/α-hetero) is 1. The van der Waals surface area contributed by atoms with Crippen LogP contribution < -0.4 is 4.74 Å². The zero-order valence-corrected chi connectivity index (χ0v) is 11.5. The largest absolute Gasteiger partial charge is 0.496 e. The predicted molar refractivity (Wildman–Crippen MR) is 69.4 cm³/mol. The predicted octanol–water partition coefficient (Wildman–Crippen LogP) is 1.55. The minimum absolute atomic E-state index is 0.0996. The fraction of sp³-hybridized carbons (Fsp3) is 0.385. The van der Waals surface area contributed by atoms with Crippen LogP contribution in [0.3, 0.4) is 0 Å². The number of pyridine rings is 1. The number of aryl methyl sites for hydroxylation is 1. The Hall–Kier alpha value is -2.24. The normalized spacial score (nSPS) is 10.5. The van der Waals surface area contributed by atoms with Crippen molar-refractivity contribution in [3.63, 3.8) is 0 Å². The highest BCUT2D eigenvalue weighted by molar-refractivity contribution is 5.91. The summed E-state index contributed by atoms with van der Waals surface area (Å²) in [5.41, 5.74) is 3.17. The summed E-state index contributed by atoms with van der Waals surface area (Å²) in [6.07, 6.45) is 3.39. The highest BCUT2D eigenvalue weighted by Crippen LogP contribution is 2.24. The van der Waals surface area contributed by atoms with E-state index in [9.17, 15) is 4.79 Å². The fourth-order valence-corrected chi connectivity index (χ4v) is 1.92. The number of hydrogen-bond acceptors (Lipinski definition) is 5. The molecule has 0 spiro atoms. The maximum absolute atomic E-state index is 11.2. The molecule has 2 rings (SSSR count). The van der Waals surface area contributed by atoms with Crippen LogP contribution in [-0.2, 0) is 6.54 Å². The smallest absolute Gasteiger partial charge is 0.181 e. The Kier molecular flexibility index (Phi) is 3.59. The molecule has 0 unspecified atom stereocenters. The lowest BCUT2D eigenvalue weighted by atomic mass is 10.1. The standard InChI is InChI=1S/C13H16N4O2/c1-8-5-14-11(9(2)13(8)19-4)6-17-7-12(10(3)18)15-16-17/h5,7H,6H2,1-4H3. The van der Waals surface area contributed by atoms with Crippen LogP contribution in [0.2, 0.25) is 0 Å². The van der Waals surface area contributed by atoms with E-state index in [2.05, 4.69) is 15.3 Å². The molecular formula is C13H16N4O2. The number of hydrogen-bond donors (Lipinski definition) is 0. The first-order valence-corrected chi connectivity index (χ1v) is 5.93. The summed E-state index contributed by atoms with van der Waals surface area (Å²) in [6.45, 7) is 5.83. The summed E-state index contributed by atoms with van der Waals surface area (Å²) < 4.78 is 6.96. The van der Waals surface area contributed by atoms with Gasteiger partial charge in [0.05, 0.1) is 25.5 Å². The maximum Gasteiger partial charge on any atom is 0.181 e. The van der Waals surface area contributed by atoms with Crippen LogP contribution in [-0.4, -0.2) is 32.9 Å². The molecule has 0 radical (unpaired) electrons. The molecule has 2 aromatic rings. The van der Waals surface area contributed by atoms with Crippen molar-refractivity contribution in [3.8, 4) is 5.75 Å². The summed E-state index contributed by atoms with van der Waals surface area (Å²) >= 11 is 0. The second kappa shape index (κ2) is 5.17. The van der Waals surface area contributed by atoms with Crippen molar-refractivity contribution in [1.29, 1.82) is 0 Å². The molecule has 0 saturated carbocycles. The summed E-state index contributed by atoms with van der Waals surface area (Å²) in [7, 11) is 1.64. The zero-order chi connectivity index (χ0) is 14.0. The molecule has 0 N–H and O–H groups in total. The Balaban J connectivity index is 2.30. The van der Waals surface area contributed by atoms with Crippen molar-refractivity contribution in [3.05, 3.63) is 34.9 Å². The highest BCUT2D eigenvalue weighted by atomic mass is 16.5. The van der Waals surface area contributed by atoms with Gasteiger partial charge in [-0.15, -0.1) is 5.10 Å². The Morgan fingerprint density at radius 3 is 2.74 bits per heavy atom. The molecule has 6 heteroatoms. The van der Waals surface area contributed by atoms with Gasteiger partial charge in [0, 0.05) is 24.2 Å². The number of nitrogens with zero attached hydrogens (tertiary/aromatic N) is 4. The van der Waals surface area contributed by atoms with E-state index in [0.29, 0.717) is 12.2 Å². The van der Waals surface area contributed by atoms with Gasteiger partial charge in [0.1, 0.15) is 11.4 Å². The third-order valence-electron chi connectivity index (χ3n) is 2.96. The lowest BCUT2D eigenvalue weighted by Gasteiger charge is -2.11. The maximum atomic E-state index is 11.2. The average molecular weight is 260 g/mol. The van der Waals surface area contributed by atoms with Crippen molar-refractivity contribution in [1.82, 2.24) is 20.0 Å². The molecule has 6 nitrogen and oxygen atoms in total. The minimum atomic E-state index is -0.0996. The van der Waals surface area contributed by atoms with E-state index >= 15 is 0 Å². The second-order valence-electron chi connectivity index (χ2n) is 4.40. The Morgan fingerprint density at radius 1 is 1.42 bits per heavy atom. The van der Waals surface area contributed by atoms with Crippen LogP contribution in [0.25, 0.3) is 0 Å². The van der Waals surface area contributed by atoms with Crippen LogP contribution in [0, 0.1) is 13.8 Å². The summed E-state index contributed by atoms with van der Waals surface area (Å²) in [6, 6.07) is 0. The van der Waals surface area contributed by atoms with Crippen LogP contribution in [0.5, 0.6) is 5.75 Å². The van der Waals surface area contributed by atoms with E-state index < -0.39 is 0 Å². The second-order valence-corrected chi connectivity index (χ2v) is 4.40. The monoisotopic (exact) mass is 260 g/mol. The molecule has 0 aliphatic carbocycles. The van der Waals surface area contributed by atoms with Crippen molar-refractivity contribution < 1.29 is 9.53 Å². The SMILES string of the molecule is COc1c(C)cnc(Cn2cc(C(C)=O)nn2)c1C. The molecule has 0 aromatic carbocycles. The molecule has 0 bridgehead atoms. The van der Waals surface area contributed by atoms with E-state index in [1.807, 2.05) is 13.8 Å². The lowest BCUT2D eigenvalue weighted by Crippen LogP contribution is -2.06. The molecule has 2 heterocycles. The molecule has 19 heavy (non-hydrogen) atoms. The average Bonchev–Trinajstić information content (AvgIpc) is 2.82. The fourth-order valence-electron chi connectivity index (χ4n) is 1.92. The number of aromatic nitrogens is 4. The first-order valence-electron chi connectivity index (χ1n) is 5.93. The van der Waals surface area contributed by atoms with E-state index in [0.717, 1.165) is 22.6 Å². The molecule has 0 fully saturated rings. The van der Waals surface area contributed by atoms with Crippen molar-refractivity contribution in [2.75, 3.05) is 7.11 Å². The number of carbonyl (C=O) groups is 1. The minimum Gasteiger partial charge on any atom is -0.496 e. The summed E-state index contributed by atoms with van der Waals surface area (Å²) in [5, 5.41) is 7.72. The summed E-state index contributed by atoms with van der Waals surface area (Å²) in [4.78, 5) is 15.6. The molecule has 0 aliphatic heterocycles. The van der Waals surface area contributed by atoms with Crippen molar-refractivity contribution in [2.45, 2.75) is 27.3 Å². The zero-order valence-electron chi connectivity index (χ0n) is 11.5. The molecule has 0 saturated heterocycles. The van der Waals surface area contributed by atoms with Crippen molar-refractivity contribution >= 4 is 5.78 Å². The Labute approximate surface area is 111 Å². The molecule has 0 atom stereocenters. The van der Waals surface area contributed by atoms with Gasteiger partial charge in [-0.25, -0.2) is 4.68 Å². The number of carbonyl (C=O) groups excluding carboxylic acids is 1. The van der Waals surface area contributed by atoms with Gasteiger partial charge in [-0.1, -0.05) is 5.21 Å². The molecule has 100 valence electrons. The number of rotatable bonds is 4. The Bertz CT molecular complexity index is 619. The van der Waals surface area contributed by atoms with Crippen LogP contribution in [0.4, 0.5) is 0 Å². The highest BCUT2D eigenvalue weighted by Gasteiger charge is 2.11. The van der Waals surface area contributed by atoms with E-state index in [1.165, 1.54) is 6.92 Å². The number of methoxy groups -OCH3 is 1. The van der Waals surface area contributed by atoms with E-state index in [1.54, 1.807) is 24.2 Å². The van der Waals surface area contributed by atoms with Gasteiger partial charge in [0.15, 0.2) is 5.78 Å². The molecule has 0 amide bonds. The molecular weight excluding hydrogens is 244 g/mol. The van der Waals surface area contributed by atoms with Crippen LogP contribution in [0.1, 0.15) is 34.2 Å². The van der Waals surface area contributed by atoms with Gasteiger partial charge in [0.2, 0.25) is 0 Å². The summed E-state index contributed by atoms with van der Waals surface area (Å²) in [5.74, 6) is 0.731. The van der Waals surface area contributed by atoms with Gasteiger partial charge in [-0.3, -0.25) is 9.78 Å². The van der Waals surface area contributed by atoms with E-state index in [-0.39, 0.29) is 5.78 Å².